The van der Waals surface area contributed by atoms with Crippen LogP contribution < -0.4 is 0 Å². The maximum atomic E-state index is 13.0. The van der Waals surface area contributed by atoms with Gasteiger partial charge in [0.25, 0.3) is 0 Å². The summed E-state index contributed by atoms with van der Waals surface area (Å²) in [6.45, 7) is 7.18. The third kappa shape index (κ3) is 2.42. The van der Waals surface area contributed by atoms with E-state index < -0.39 is 12.3 Å². The zero-order chi connectivity index (χ0) is 9.35. The van der Waals surface area contributed by atoms with Crippen molar-refractivity contribution in [3.8, 4) is 0 Å². The molecule has 0 aromatic heterocycles. The number of aliphatic hydroxyl groups excluding tert-OH is 1. The molecule has 1 fully saturated rings. The Balaban J connectivity index is 2.55. The van der Waals surface area contributed by atoms with Crippen LogP contribution in [0.4, 0.5) is 4.39 Å². The number of piperidine rings is 1. The van der Waals surface area contributed by atoms with Gasteiger partial charge in [0.15, 0.2) is 0 Å². The van der Waals surface area contributed by atoms with Gasteiger partial charge in [-0.15, -0.1) is 0 Å². The fourth-order valence-corrected chi connectivity index (χ4v) is 1.56. The minimum atomic E-state index is -0.868. The van der Waals surface area contributed by atoms with Crippen molar-refractivity contribution in [2.45, 2.75) is 45.0 Å². The highest BCUT2D eigenvalue weighted by atomic mass is 19.1. The molecule has 2 atom stereocenters. The first-order valence-corrected chi connectivity index (χ1v) is 4.47. The predicted molar refractivity (Wildman–Crippen MR) is 46.8 cm³/mol. The number of rotatable bonds is 0. The highest BCUT2D eigenvalue weighted by Gasteiger charge is 2.31. The topological polar surface area (TPSA) is 23.5 Å². The third-order valence-corrected chi connectivity index (χ3v) is 2.33. The number of alkyl halides is 1. The molecule has 3 heteroatoms. The Kier molecular flexibility index (Phi) is 2.74. The number of halogens is 1. The summed E-state index contributed by atoms with van der Waals surface area (Å²) in [6.07, 6.45) is -1.06. The van der Waals surface area contributed by atoms with E-state index in [1.165, 1.54) is 0 Å². The van der Waals surface area contributed by atoms with Crippen molar-refractivity contribution in [3.63, 3.8) is 0 Å². The lowest BCUT2D eigenvalue weighted by molar-refractivity contribution is -0.0143. The van der Waals surface area contributed by atoms with Crippen molar-refractivity contribution in [3.05, 3.63) is 0 Å². The quantitative estimate of drug-likeness (QED) is 0.598. The number of likely N-dealkylation sites (tertiary alicyclic amines) is 1. The van der Waals surface area contributed by atoms with E-state index in [-0.39, 0.29) is 5.54 Å². The van der Waals surface area contributed by atoms with E-state index in [0.717, 1.165) is 0 Å². The van der Waals surface area contributed by atoms with E-state index in [0.29, 0.717) is 19.5 Å². The normalized spacial score (nSPS) is 33.8. The van der Waals surface area contributed by atoms with Crippen molar-refractivity contribution in [2.75, 3.05) is 13.1 Å². The van der Waals surface area contributed by atoms with Crippen molar-refractivity contribution in [2.24, 2.45) is 0 Å². The fourth-order valence-electron chi connectivity index (χ4n) is 1.56. The van der Waals surface area contributed by atoms with Gasteiger partial charge in [-0.05, 0) is 20.8 Å². The second-order valence-corrected chi connectivity index (χ2v) is 4.56. The Bertz CT molecular complexity index is 145. The highest BCUT2D eigenvalue weighted by Crippen LogP contribution is 2.21. The fraction of sp³-hybridized carbons (Fsp3) is 1.00. The van der Waals surface area contributed by atoms with E-state index in [2.05, 4.69) is 0 Å². The van der Waals surface area contributed by atoms with Crippen LogP contribution in [0.5, 0.6) is 0 Å². The molecule has 2 nitrogen and oxygen atoms in total. The smallest absolute Gasteiger partial charge is 0.115 e. The number of β-amino-alcohol motifs (C(OH)–C–C–N with tert-alkyl or cyclic N) is 1. The molecule has 0 aliphatic carbocycles. The van der Waals surface area contributed by atoms with Gasteiger partial charge >= 0.3 is 0 Å². The van der Waals surface area contributed by atoms with Crippen LogP contribution in [-0.2, 0) is 0 Å². The van der Waals surface area contributed by atoms with Gasteiger partial charge in [-0.3, -0.25) is 4.90 Å². The second-order valence-electron chi connectivity index (χ2n) is 4.56. The highest BCUT2D eigenvalue weighted by molar-refractivity contribution is 4.86. The molecule has 72 valence electrons. The van der Waals surface area contributed by atoms with E-state index in [1.807, 2.05) is 25.7 Å². The molecule has 1 N–H and O–H groups in total. The van der Waals surface area contributed by atoms with Crippen LogP contribution in [0.1, 0.15) is 27.2 Å². The molecule has 0 spiro atoms. The molecule has 0 amide bonds. The Morgan fingerprint density at radius 2 is 1.92 bits per heavy atom. The predicted octanol–water partition coefficient (Wildman–Crippen LogP) is 1.19. The van der Waals surface area contributed by atoms with Gasteiger partial charge in [-0.1, -0.05) is 0 Å². The summed E-state index contributed by atoms with van der Waals surface area (Å²) in [6, 6.07) is 0. The minimum absolute atomic E-state index is 0.0360. The number of aliphatic hydroxyl groups is 1. The first kappa shape index (κ1) is 9.93. The van der Waals surface area contributed by atoms with Crippen molar-refractivity contribution in [1.82, 2.24) is 4.90 Å². The lowest BCUT2D eigenvalue weighted by Crippen LogP contribution is -2.52. The van der Waals surface area contributed by atoms with Crippen LogP contribution in [0, 0.1) is 0 Å². The van der Waals surface area contributed by atoms with Crippen LogP contribution in [0.25, 0.3) is 0 Å². The van der Waals surface area contributed by atoms with Crippen molar-refractivity contribution in [1.29, 1.82) is 0 Å². The molecular formula is C9H18FNO. The molecule has 1 rings (SSSR count). The molecule has 1 saturated heterocycles. The summed E-state index contributed by atoms with van der Waals surface area (Å²) in [5.74, 6) is 0. The Labute approximate surface area is 73.4 Å². The van der Waals surface area contributed by atoms with Gasteiger partial charge in [-0.25, -0.2) is 4.39 Å². The van der Waals surface area contributed by atoms with Gasteiger partial charge in [0.05, 0.1) is 6.10 Å². The van der Waals surface area contributed by atoms with Crippen molar-refractivity contribution >= 4 is 0 Å². The van der Waals surface area contributed by atoms with Gasteiger partial charge < -0.3 is 5.11 Å². The zero-order valence-corrected chi connectivity index (χ0v) is 8.05. The average molecular weight is 175 g/mol. The van der Waals surface area contributed by atoms with E-state index in [1.54, 1.807) is 0 Å². The van der Waals surface area contributed by atoms with Gasteiger partial charge in [0.2, 0.25) is 0 Å². The second kappa shape index (κ2) is 3.30. The van der Waals surface area contributed by atoms with E-state index in [9.17, 15) is 9.50 Å². The van der Waals surface area contributed by atoms with Crippen LogP contribution in [0.2, 0.25) is 0 Å². The summed E-state index contributed by atoms with van der Waals surface area (Å²) in [5.41, 5.74) is -0.0360. The third-order valence-electron chi connectivity index (χ3n) is 2.33. The minimum Gasteiger partial charge on any atom is -0.392 e. The maximum Gasteiger partial charge on any atom is 0.115 e. The first-order valence-electron chi connectivity index (χ1n) is 4.47. The SMILES string of the molecule is CC(C)(C)N1C[C@@H](O)C[C@H](F)C1. The first-order chi connectivity index (χ1) is 5.39. The summed E-state index contributed by atoms with van der Waals surface area (Å²) in [4.78, 5) is 1.99. The molecule has 1 aliphatic heterocycles. The summed E-state index contributed by atoms with van der Waals surface area (Å²) < 4.78 is 13.0. The van der Waals surface area contributed by atoms with Gasteiger partial charge in [-0.2, -0.15) is 0 Å². The number of hydrogen-bond donors (Lipinski definition) is 1. The summed E-state index contributed by atoms with van der Waals surface area (Å²) in [7, 11) is 0. The Hall–Kier alpha value is -0.150. The molecule has 0 bridgehead atoms. The van der Waals surface area contributed by atoms with Crippen LogP contribution in [0.15, 0.2) is 0 Å². The molecule has 0 unspecified atom stereocenters. The van der Waals surface area contributed by atoms with Crippen LogP contribution in [-0.4, -0.2) is 40.9 Å². The summed E-state index contributed by atoms with van der Waals surface area (Å²) in [5, 5.41) is 9.33. The van der Waals surface area contributed by atoms with E-state index in [4.69, 9.17) is 0 Å². The number of hydrogen-bond acceptors (Lipinski definition) is 2. The molecule has 1 heterocycles. The molecule has 0 aromatic rings. The lowest BCUT2D eigenvalue weighted by Gasteiger charge is -2.41. The van der Waals surface area contributed by atoms with Gasteiger partial charge in [0, 0.05) is 25.0 Å². The van der Waals surface area contributed by atoms with Crippen LogP contribution in [0.3, 0.4) is 0 Å². The molecular weight excluding hydrogens is 157 g/mol. The van der Waals surface area contributed by atoms with Crippen molar-refractivity contribution < 1.29 is 9.50 Å². The molecule has 0 saturated carbocycles. The number of nitrogens with zero attached hydrogens (tertiary/aromatic N) is 1. The Morgan fingerprint density at radius 3 is 2.33 bits per heavy atom. The molecule has 12 heavy (non-hydrogen) atoms. The Morgan fingerprint density at radius 1 is 1.33 bits per heavy atom. The molecule has 0 aromatic carbocycles. The van der Waals surface area contributed by atoms with Gasteiger partial charge in [0.1, 0.15) is 6.17 Å². The average Bonchev–Trinajstić information content (AvgIpc) is 1.82. The monoisotopic (exact) mass is 175 g/mol. The van der Waals surface area contributed by atoms with E-state index >= 15 is 0 Å². The zero-order valence-electron chi connectivity index (χ0n) is 8.05. The molecule has 0 radical (unpaired) electrons. The largest absolute Gasteiger partial charge is 0.392 e. The molecule has 1 aliphatic rings. The maximum absolute atomic E-state index is 13.0. The standard InChI is InChI=1S/C9H18FNO/c1-9(2,3)11-5-7(10)4-8(12)6-11/h7-8,12H,4-6H2,1-3H3/t7-,8-/m0/s1. The van der Waals surface area contributed by atoms with Crippen LogP contribution >= 0.6 is 0 Å². The lowest BCUT2D eigenvalue weighted by atomic mass is 9.99. The summed E-state index contributed by atoms with van der Waals surface area (Å²) >= 11 is 0.